The van der Waals surface area contributed by atoms with Crippen LogP contribution in [0.4, 0.5) is 4.39 Å². The molecule has 2 aromatic rings. The van der Waals surface area contributed by atoms with Crippen molar-refractivity contribution in [3.8, 4) is 0 Å². The van der Waals surface area contributed by atoms with E-state index in [1.54, 1.807) is 24.5 Å². The Morgan fingerprint density at radius 3 is 2.53 bits per heavy atom. The fourth-order valence-corrected chi connectivity index (χ4v) is 2.28. The van der Waals surface area contributed by atoms with Gasteiger partial charge in [0.05, 0.1) is 12.4 Å². The van der Waals surface area contributed by atoms with Crippen LogP contribution in [0.25, 0.3) is 0 Å². The topological polar surface area (TPSA) is 59.4 Å². The van der Waals surface area contributed by atoms with Crippen LogP contribution in [-0.2, 0) is 6.42 Å². The molecule has 3 nitrogen and oxygen atoms in total. The van der Waals surface area contributed by atoms with Gasteiger partial charge in [0.2, 0.25) is 0 Å². The normalized spacial score (nSPS) is 14.3. The van der Waals surface area contributed by atoms with Crippen molar-refractivity contribution in [3.63, 3.8) is 0 Å². The number of hydrogen-bond donors (Lipinski definition) is 2. The molecule has 0 bridgehead atoms. The van der Waals surface area contributed by atoms with E-state index >= 15 is 0 Å². The Morgan fingerprint density at radius 1 is 1.26 bits per heavy atom. The Kier molecular flexibility index (Phi) is 4.35. The molecule has 0 aliphatic rings. The predicted octanol–water partition coefficient (Wildman–Crippen LogP) is 2.76. The van der Waals surface area contributed by atoms with Crippen molar-refractivity contribution in [1.82, 2.24) is 0 Å². The molecule has 0 spiro atoms. The van der Waals surface area contributed by atoms with Crippen molar-refractivity contribution in [2.75, 3.05) is 6.54 Å². The standard InChI is InChI=1S/C15H18FNO2/c1-2-14-12(7-8-19-14)15(18)13(9-17)10-3-5-11(16)6-4-10/h3-8,13,15,18H,2,9,17H2,1H3. The monoisotopic (exact) mass is 263 g/mol. The van der Waals surface area contributed by atoms with Crippen LogP contribution >= 0.6 is 0 Å². The van der Waals surface area contributed by atoms with Crippen molar-refractivity contribution < 1.29 is 13.9 Å². The summed E-state index contributed by atoms with van der Waals surface area (Å²) in [6, 6.07) is 7.82. The van der Waals surface area contributed by atoms with E-state index in [1.807, 2.05) is 6.92 Å². The van der Waals surface area contributed by atoms with Gasteiger partial charge in [-0.3, -0.25) is 0 Å². The van der Waals surface area contributed by atoms with Gasteiger partial charge in [-0.1, -0.05) is 19.1 Å². The van der Waals surface area contributed by atoms with E-state index in [-0.39, 0.29) is 18.3 Å². The molecule has 0 aliphatic heterocycles. The summed E-state index contributed by atoms with van der Waals surface area (Å²) >= 11 is 0. The molecule has 19 heavy (non-hydrogen) atoms. The number of rotatable bonds is 5. The predicted molar refractivity (Wildman–Crippen MR) is 71.2 cm³/mol. The molecule has 2 unspecified atom stereocenters. The molecule has 1 aromatic heterocycles. The van der Waals surface area contributed by atoms with Crippen LogP contribution in [0.3, 0.4) is 0 Å². The molecule has 0 radical (unpaired) electrons. The average Bonchev–Trinajstić information content (AvgIpc) is 2.90. The summed E-state index contributed by atoms with van der Waals surface area (Å²) in [5.41, 5.74) is 7.33. The lowest BCUT2D eigenvalue weighted by molar-refractivity contribution is 0.145. The van der Waals surface area contributed by atoms with Crippen molar-refractivity contribution in [2.24, 2.45) is 5.73 Å². The zero-order valence-electron chi connectivity index (χ0n) is 10.8. The lowest BCUT2D eigenvalue weighted by Crippen LogP contribution is -2.20. The SMILES string of the molecule is CCc1occc1C(O)C(CN)c1ccc(F)cc1. The maximum absolute atomic E-state index is 12.9. The lowest BCUT2D eigenvalue weighted by atomic mass is 9.89. The fourth-order valence-electron chi connectivity index (χ4n) is 2.28. The van der Waals surface area contributed by atoms with Gasteiger partial charge in [-0.15, -0.1) is 0 Å². The van der Waals surface area contributed by atoms with E-state index in [1.165, 1.54) is 12.1 Å². The number of nitrogens with two attached hydrogens (primary N) is 1. The molecule has 2 rings (SSSR count). The van der Waals surface area contributed by atoms with Crippen molar-refractivity contribution >= 4 is 0 Å². The molecule has 1 heterocycles. The van der Waals surface area contributed by atoms with Gasteiger partial charge in [0.1, 0.15) is 11.6 Å². The van der Waals surface area contributed by atoms with E-state index < -0.39 is 6.10 Å². The van der Waals surface area contributed by atoms with Gasteiger partial charge < -0.3 is 15.3 Å². The first-order chi connectivity index (χ1) is 9.17. The molecule has 3 N–H and O–H groups in total. The van der Waals surface area contributed by atoms with Crippen LogP contribution in [0.5, 0.6) is 0 Å². The Morgan fingerprint density at radius 2 is 1.95 bits per heavy atom. The largest absolute Gasteiger partial charge is 0.469 e. The number of benzene rings is 1. The number of aryl methyl sites for hydroxylation is 1. The molecule has 0 amide bonds. The number of furan rings is 1. The molecule has 102 valence electrons. The first kappa shape index (κ1) is 13.8. The summed E-state index contributed by atoms with van der Waals surface area (Å²) in [6.45, 7) is 2.24. The molecule has 0 saturated carbocycles. The van der Waals surface area contributed by atoms with Crippen LogP contribution in [0.15, 0.2) is 41.0 Å². The summed E-state index contributed by atoms with van der Waals surface area (Å²) in [4.78, 5) is 0. The van der Waals surface area contributed by atoms with E-state index in [2.05, 4.69) is 0 Å². The van der Waals surface area contributed by atoms with Gasteiger partial charge in [0, 0.05) is 24.4 Å². The van der Waals surface area contributed by atoms with Gasteiger partial charge in [0.25, 0.3) is 0 Å². The minimum Gasteiger partial charge on any atom is -0.469 e. The molecule has 4 heteroatoms. The summed E-state index contributed by atoms with van der Waals surface area (Å²) in [6.07, 6.45) is 1.53. The molecule has 0 saturated heterocycles. The second-order valence-electron chi connectivity index (χ2n) is 4.49. The smallest absolute Gasteiger partial charge is 0.123 e. The summed E-state index contributed by atoms with van der Waals surface area (Å²) in [5, 5.41) is 10.5. The number of aliphatic hydroxyl groups is 1. The fraction of sp³-hybridized carbons (Fsp3) is 0.333. The Balaban J connectivity index is 2.29. The second kappa shape index (κ2) is 5.99. The minimum absolute atomic E-state index is 0.275. The maximum atomic E-state index is 12.9. The third kappa shape index (κ3) is 2.85. The third-order valence-corrected chi connectivity index (χ3v) is 3.35. The van der Waals surface area contributed by atoms with Gasteiger partial charge in [-0.05, 0) is 23.8 Å². The van der Waals surface area contributed by atoms with Crippen LogP contribution in [0.2, 0.25) is 0 Å². The Hall–Kier alpha value is -1.65. The number of hydrogen-bond acceptors (Lipinski definition) is 3. The summed E-state index contributed by atoms with van der Waals surface area (Å²) in [5.74, 6) is 0.183. The van der Waals surface area contributed by atoms with Crippen LogP contribution < -0.4 is 5.73 Å². The zero-order valence-corrected chi connectivity index (χ0v) is 10.8. The highest BCUT2D eigenvalue weighted by Crippen LogP contribution is 2.32. The van der Waals surface area contributed by atoms with Crippen LogP contribution in [-0.4, -0.2) is 11.7 Å². The van der Waals surface area contributed by atoms with Gasteiger partial charge in [0.15, 0.2) is 0 Å². The van der Waals surface area contributed by atoms with Crippen molar-refractivity contribution in [1.29, 1.82) is 0 Å². The highest BCUT2D eigenvalue weighted by atomic mass is 19.1. The number of aliphatic hydroxyl groups excluding tert-OH is 1. The molecule has 1 aromatic carbocycles. The number of halogens is 1. The average molecular weight is 263 g/mol. The lowest BCUT2D eigenvalue weighted by Gasteiger charge is -2.22. The molecule has 0 fully saturated rings. The van der Waals surface area contributed by atoms with E-state index in [0.717, 1.165) is 16.9 Å². The van der Waals surface area contributed by atoms with E-state index in [9.17, 15) is 9.50 Å². The molecular weight excluding hydrogens is 245 g/mol. The van der Waals surface area contributed by atoms with Crippen LogP contribution in [0, 0.1) is 5.82 Å². The second-order valence-corrected chi connectivity index (χ2v) is 4.49. The molecular formula is C15H18FNO2. The summed E-state index contributed by atoms with van der Waals surface area (Å²) in [7, 11) is 0. The highest BCUT2D eigenvalue weighted by Gasteiger charge is 2.24. The van der Waals surface area contributed by atoms with E-state index in [4.69, 9.17) is 10.2 Å². The van der Waals surface area contributed by atoms with Crippen molar-refractivity contribution in [2.45, 2.75) is 25.4 Å². The van der Waals surface area contributed by atoms with E-state index in [0.29, 0.717) is 6.42 Å². The maximum Gasteiger partial charge on any atom is 0.123 e. The quantitative estimate of drug-likeness (QED) is 0.872. The zero-order chi connectivity index (χ0) is 13.8. The van der Waals surface area contributed by atoms with Gasteiger partial charge >= 0.3 is 0 Å². The first-order valence-electron chi connectivity index (χ1n) is 6.37. The highest BCUT2D eigenvalue weighted by molar-refractivity contribution is 5.28. The third-order valence-electron chi connectivity index (χ3n) is 3.35. The van der Waals surface area contributed by atoms with Gasteiger partial charge in [-0.2, -0.15) is 0 Å². The van der Waals surface area contributed by atoms with Gasteiger partial charge in [-0.25, -0.2) is 4.39 Å². The Labute approximate surface area is 111 Å². The minimum atomic E-state index is -0.746. The van der Waals surface area contributed by atoms with Crippen molar-refractivity contribution in [3.05, 3.63) is 59.3 Å². The van der Waals surface area contributed by atoms with Crippen LogP contribution in [0.1, 0.15) is 35.8 Å². The molecule has 0 aliphatic carbocycles. The Bertz CT molecular complexity index is 521. The summed E-state index contributed by atoms with van der Waals surface area (Å²) < 4.78 is 18.3. The molecule has 2 atom stereocenters. The first-order valence-corrected chi connectivity index (χ1v) is 6.37.